The molecule has 0 atom stereocenters. The van der Waals surface area contributed by atoms with Crippen molar-refractivity contribution in [1.82, 2.24) is 20.2 Å². The number of halogens is 1. The molecule has 5 nitrogen and oxygen atoms in total. The van der Waals surface area contributed by atoms with Gasteiger partial charge in [0.15, 0.2) is 0 Å². The largest absolute Gasteiger partial charge is 0.305 e. The van der Waals surface area contributed by atoms with E-state index < -0.39 is 6.09 Å². The van der Waals surface area contributed by atoms with Crippen LogP contribution in [0, 0.1) is 5.41 Å². The van der Waals surface area contributed by atoms with Gasteiger partial charge < -0.3 is 0 Å². The van der Waals surface area contributed by atoms with Crippen molar-refractivity contribution in [3.63, 3.8) is 0 Å². The number of aromatic nitrogens is 4. The SMILES string of the molecule is N=C(F)n1cnnn1. The van der Waals surface area contributed by atoms with E-state index in [2.05, 4.69) is 15.5 Å². The molecule has 1 aromatic rings. The molecule has 6 heteroatoms. The second-order valence-electron chi connectivity index (χ2n) is 1.05. The Morgan fingerprint density at radius 1 is 1.75 bits per heavy atom. The van der Waals surface area contributed by atoms with Gasteiger partial charge in [-0.25, -0.2) is 0 Å². The first-order chi connectivity index (χ1) is 3.80. The van der Waals surface area contributed by atoms with E-state index in [9.17, 15) is 4.39 Å². The number of rotatable bonds is 0. The molecule has 0 bridgehead atoms. The molecule has 0 fully saturated rings. The van der Waals surface area contributed by atoms with Crippen LogP contribution in [0.2, 0.25) is 0 Å². The Morgan fingerprint density at radius 3 is 2.75 bits per heavy atom. The summed E-state index contributed by atoms with van der Waals surface area (Å²) in [6.45, 7) is 0. The minimum Gasteiger partial charge on any atom is -0.256 e. The monoisotopic (exact) mass is 115 g/mol. The maximum atomic E-state index is 11.7. The van der Waals surface area contributed by atoms with Gasteiger partial charge in [-0.3, -0.25) is 5.41 Å². The average Bonchev–Trinajstić information content (AvgIpc) is 2.12. The number of nitrogens with one attached hydrogen (secondary N) is 1. The van der Waals surface area contributed by atoms with Gasteiger partial charge in [-0.1, -0.05) is 0 Å². The summed E-state index contributed by atoms with van der Waals surface area (Å²) in [6.07, 6.45) is -0.183. The van der Waals surface area contributed by atoms with Crippen molar-refractivity contribution in [2.45, 2.75) is 0 Å². The van der Waals surface area contributed by atoms with E-state index in [0.717, 1.165) is 6.33 Å². The summed E-state index contributed by atoms with van der Waals surface area (Å²) >= 11 is 0. The normalized spacial score (nSPS) is 9.12. The van der Waals surface area contributed by atoms with Gasteiger partial charge in [-0.05, 0) is 10.4 Å². The summed E-state index contributed by atoms with van der Waals surface area (Å²) in [4.78, 5) is 0. The second kappa shape index (κ2) is 1.65. The van der Waals surface area contributed by atoms with Gasteiger partial charge in [0.2, 0.25) is 0 Å². The van der Waals surface area contributed by atoms with Crippen LogP contribution in [0.4, 0.5) is 4.39 Å². The van der Waals surface area contributed by atoms with E-state index >= 15 is 0 Å². The summed E-state index contributed by atoms with van der Waals surface area (Å²) < 4.78 is 12.3. The highest BCUT2D eigenvalue weighted by Crippen LogP contribution is 1.75. The van der Waals surface area contributed by atoms with E-state index in [4.69, 9.17) is 5.41 Å². The van der Waals surface area contributed by atoms with Crippen LogP contribution in [0.5, 0.6) is 0 Å². The molecule has 0 aliphatic heterocycles. The van der Waals surface area contributed by atoms with Gasteiger partial charge in [0, 0.05) is 0 Å². The van der Waals surface area contributed by atoms with Crippen LogP contribution in [0.3, 0.4) is 0 Å². The molecule has 0 aliphatic carbocycles. The summed E-state index contributed by atoms with van der Waals surface area (Å²) in [6, 6.07) is 0. The predicted octanol–water partition coefficient (Wildman–Crippen LogP) is -0.575. The standard InChI is InChI=1S/C2H2FN5/c3-2(4)8-1-5-6-7-8/h1,4H. The van der Waals surface area contributed by atoms with Crippen LogP contribution in [-0.4, -0.2) is 26.3 Å². The smallest absolute Gasteiger partial charge is 0.256 e. The maximum Gasteiger partial charge on any atom is 0.305 e. The molecule has 0 aromatic carbocycles. The molecule has 0 amide bonds. The first kappa shape index (κ1) is 4.82. The average molecular weight is 115 g/mol. The van der Waals surface area contributed by atoms with Crippen molar-refractivity contribution in [2.75, 3.05) is 0 Å². The highest BCUT2D eigenvalue weighted by atomic mass is 19.1. The number of hydrogen-bond donors (Lipinski definition) is 1. The molecule has 0 unspecified atom stereocenters. The molecular formula is C2H2FN5. The van der Waals surface area contributed by atoms with Gasteiger partial charge in [-0.15, -0.1) is 5.10 Å². The van der Waals surface area contributed by atoms with Crippen LogP contribution in [0.1, 0.15) is 0 Å². The van der Waals surface area contributed by atoms with Crippen molar-refractivity contribution < 1.29 is 4.39 Å². The summed E-state index contributed by atoms with van der Waals surface area (Å²) in [5, 5.41) is 15.6. The minimum atomic E-state index is -1.19. The van der Waals surface area contributed by atoms with Crippen LogP contribution >= 0.6 is 0 Å². The van der Waals surface area contributed by atoms with E-state index in [-0.39, 0.29) is 0 Å². The third-order valence-corrected chi connectivity index (χ3v) is 0.550. The number of nitrogens with zero attached hydrogens (tertiary/aromatic N) is 4. The van der Waals surface area contributed by atoms with Crippen LogP contribution < -0.4 is 0 Å². The van der Waals surface area contributed by atoms with E-state index in [1.54, 1.807) is 0 Å². The maximum absolute atomic E-state index is 11.7. The third kappa shape index (κ3) is 0.673. The number of tetrazole rings is 1. The quantitative estimate of drug-likeness (QED) is 0.363. The van der Waals surface area contributed by atoms with Gasteiger partial charge in [0.25, 0.3) is 0 Å². The molecule has 1 heterocycles. The molecule has 0 radical (unpaired) electrons. The predicted molar refractivity (Wildman–Crippen MR) is 22.0 cm³/mol. The van der Waals surface area contributed by atoms with Crippen LogP contribution in [0.15, 0.2) is 6.33 Å². The molecule has 1 N–H and O–H groups in total. The summed E-state index contributed by atoms with van der Waals surface area (Å²) in [7, 11) is 0. The Morgan fingerprint density at radius 2 is 2.50 bits per heavy atom. The lowest BCUT2D eigenvalue weighted by Gasteiger charge is -1.82. The van der Waals surface area contributed by atoms with Gasteiger partial charge >= 0.3 is 6.09 Å². The van der Waals surface area contributed by atoms with E-state index in [1.165, 1.54) is 0 Å². The van der Waals surface area contributed by atoms with Crippen LogP contribution in [0.25, 0.3) is 0 Å². The Hall–Kier alpha value is -1.33. The highest BCUT2D eigenvalue weighted by Gasteiger charge is 1.94. The third-order valence-electron chi connectivity index (χ3n) is 0.550. The topological polar surface area (TPSA) is 67.5 Å². The zero-order valence-electron chi connectivity index (χ0n) is 3.74. The van der Waals surface area contributed by atoms with Crippen molar-refractivity contribution in [3.8, 4) is 0 Å². The van der Waals surface area contributed by atoms with Crippen molar-refractivity contribution >= 4 is 6.09 Å². The molecular weight excluding hydrogens is 113 g/mol. The van der Waals surface area contributed by atoms with Gasteiger partial charge in [-0.2, -0.15) is 9.07 Å². The Bertz CT molecular complexity index is 178. The number of hydrogen-bond acceptors (Lipinski definition) is 4. The lowest BCUT2D eigenvalue weighted by molar-refractivity contribution is 0.679. The first-order valence-corrected chi connectivity index (χ1v) is 1.78. The lowest BCUT2D eigenvalue weighted by atomic mass is 11.1. The Kier molecular flexibility index (Phi) is 0.991. The summed E-state index contributed by atoms with van der Waals surface area (Å²) in [5.74, 6) is 0. The lowest BCUT2D eigenvalue weighted by Crippen LogP contribution is -2.03. The first-order valence-electron chi connectivity index (χ1n) is 1.78. The molecule has 1 aromatic heterocycles. The second-order valence-corrected chi connectivity index (χ2v) is 1.05. The Labute approximate surface area is 43.6 Å². The molecule has 8 heavy (non-hydrogen) atoms. The molecule has 0 saturated heterocycles. The zero-order chi connectivity index (χ0) is 5.98. The Balaban J connectivity index is 2.93. The fourth-order valence-corrected chi connectivity index (χ4v) is 0.251. The molecule has 0 aliphatic rings. The van der Waals surface area contributed by atoms with Crippen molar-refractivity contribution in [1.29, 1.82) is 5.41 Å². The molecule has 0 saturated carbocycles. The van der Waals surface area contributed by atoms with Gasteiger partial charge in [0.1, 0.15) is 6.33 Å². The van der Waals surface area contributed by atoms with E-state index in [0.29, 0.717) is 4.68 Å². The van der Waals surface area contributed by atoms with E-state index in [1.807, 2.05) is 0 Å². The van der Waals surface area contributed by atoms with Crippen molar-refractivity contribution in [3.05, 3.63) is 6.33 Å². The highest BCUT2D eigenvalue weighted by molar-refractivity contribution is 5.69. The van der Waals surface area contributed by atoms with Crippen LogP contribution in [-0.2, 0) is 0 Å². The zero-order valence-corrected chi connectivity index (χ0v) is 3.74. The minimum absolute atomic E-state index is 0.611. The summed E-state index contributed by atoms with van der Waals surface area (Å²) in [5.41, 5.74) is 0. The molecule has 0 spiro atoms. The van der Waals surface area contributed by atoms with Crippen molar-refractivity contribution in [2.24, 2.45) is 0 Å². The molecule has 1 rings (SSSR count). The molecule has 42 valence electrons. The fourth-order valence-electron chi connectivity index (χ4n) is 0.251. The van der Waals surface area contributed by atoms with Gasteiger partial charge in [0.05, 0.1) is 0 Å². The fraction of sp³-hybridized carbons (Fsp3) is 0.